The van der Waals surface area contributed by atoms with Gasteiger partial charge in [0, 0.05) is 16.5 Å². The van der Waals surface area contributed by atoms with E-state index < -0.39 is 0 Å². The van der Waals surface area contributed by atoms with E-state index in [4.69, 9.17) is 11.6 Å². The second kappa shape index (κ2) is 6.27. The van der Waals surface area contributed by atoms with Gasteiger partial charge in [-0.15, -0.1) is 23.4 Å². The summed E-state index contributed by atoms with van der Waals surface area (Å²) in [6.07, 6.45) is 2.31. The standard InChI is InChI=1S/C14H16ClNS/c1-2-5-12(10-15)17-14-9-8-11-6-3-4-7-13(11)16-14/h3-4,6-9,12H,2,5,10H2,1H3. The summed E-state index contributed by atoms with van der Waals surface area (Å²) in [4.78, 5) is 4.65. The first-order valence-corrected chi connectivity index (χ1v) is 7.33. The van der Waals surface area contributed by atoms with Crippen LogP contribution in [0.5, 0.6) is 0 Å². The SMILES string of the molecule is CCCC(CCl)Sc1ccc2ccccc2n1. The summed E-state index contributed by atoms with van der Waals surface area (Å²) in [5.74, 6) is 0.688. The third-order valence-corrected chi connectivity index (χ3v) is 4.40. The third-order valence-electron chi connectivity index (χ3n) is 2.64. The Morgan fingerprint density at radius 2 is 2.06 bits per heavy atom. The van der Waals surface area contributed by atoms with Crippen LogP contribution in [0.15, 0.2) is 41.4 Å². The largest absolute Gasteiger partial charge is 0.241 e. The number of aromatic nitrogens is 1. The molecule has 0 aliphatic heterocycles. The molecule has 1 aromatic heterocycles. The Balaban J connectivity index is 2.18. The van der Waals surface area contributed by atoms with Crippen molar-refractivity contribution in [3.05, 3.63) is 36.4 Å². The van der Waals surface area contributed by atoms with Crippen LogP contribution in [-0.4, -0.2) is 16.1 Å². The maximum absolute atomic E-state index is 5.97. The summed E-state index contributed by atoms with van der Waals surface area (Å²) < 4.78 is 0. The van der Waals surface area contributed by atoms with E-state index >= 15 is 0 Å². The number of nitrogens with zero attached hydrogens (tertiary/aromatic N) is 1. The Kier molecular flexibility index (Phi) is 4.69. The molecular formula is C14H16ClNS. The molecule has 0 bridgehead atoms. The molecule has 0 amide bonds. The first-order chi connectivity index (χ1) is 8.33. The predicted molar refractivity (Wildman–Crippen MR) is 77.0 cm³/mol. The van der Waals surface area contributed by atoms with Crippen LogP contribution in [-0.2, 0) is 0 Å². The van der Waals surface area contributed by atoms with Crippen molar-refractivity contribution in [3.63, 3.8) is 0 Å². The van der Waals surface area contributed by atoms with E-state index in [0.29, 0.717) is 11.1 Å². The molecule has 90 valence electrons. The minimum atomic E-state index is 0.468. The van der Waals surface area contributed by atoms with Crippen LogP contribution < -0.4 is 0 Å². The third kappa shape index (κ3) is 3.36. The molecule has 0 aliphatic rings. The lowest BCUT2D eigenvalue weighted by atomic mass is 10.2. The lowest BCUT2D eigenvalue weighted by Gasteiger charge is -2.11. The van der Waals surface area contributed by atoms with Crippen molar-refractivity contribution in [1.29, 1.82) is 0 Å². The minimum Gasteiger partial charge on any atom is -0.241 e. The molecule has 0 spiro atoms. The fraction of sp³-hybridized carbons (Fsp3) is 0.357. The van der Waals surface area contributed by atoms with Crippen LogP contribution in [0.25, 0.3) is 10.9 Å². The van der Waals surface area contributed by atoms with E-state index in [-0.39, 0.29) is 0 Å². The van der Waals surface area contributed by atoms with Gasteiger partial charge in [0.1, 0.15) is 0 Å². The van der Waals surface area contributed by atoms with Crippen molar-refractivity contribution in [2.75, 3.05) is 5.88 Å². The molecule has 2 rings (SSSR count). The summed E-state index contributed by atoms with van der Waals surface area (Å²) in [5.41, 5.74) is 1.06. The number of fused-ring (bicyclic) bond motifs is 1. The summed E-state index contributed by atoms with van der Waals surface area (Å²) in [6, 6.07) is 12.4. The highest BCUT2D eigenvalue weighted by Gasteiger charge is 2.09. The quantitative estimate of drug-likeness (QED) is 0.572. The van der Waals surface area contributed by atoms with Crippen molar-refractivity contribution < 1.29 is 0 Å². The average Bonchev–Trinajstić information content (AvgIpc) is 2.38. The van der Waals surface area contributed by atoms with Gasteiger partial charge in [-0.1, -0.05) is 37.6 Å². The molecule has 2 aromatic rings. The number of pyridine rings is 1. The van der Waals surface area contributed by atoms with Gasteiger partial charge in [0.05, 0.1) is 10.5 Å². The highest BCUT2D eigenvalue weighted by Crippen LogP contribution is 2.27. The van der Waals surface area contributed by atoms with Crippen LogP contribution in [0.1, 0.15) is 19.8 Å². The van der Waals surface area contributed by atoms with E-state index in [9.17, 15) is 0 Å². The molecule has 1 aromatic carbocycles. The molecule has 1 heterocycles. The first kappa shape index (κ1) is 12.7. The van der Waals surface area contributed by atoms with Gasteiger partial charge in [-0.05, 0) is 18.6 Å². The van der Waals surface area contributed by atoms with Crippen LogP contribution in [0.4, 0.5) is 0 Å². The van der Waals surface area contributed by atoms with Crippen LogP contribution in [0.3, 0.4) is 0 Å². The molecule has 0 N–H and O–H groups in total. The highest BCUT2D eigenvalue weighted by atomic mass is 35.5. The van der Waals surface area contributed by atoms with Gasteiger partial charge in [0.15, 0.2) is 0 Å². The number of hydrogen-bond acceptors (Lipinski definition) is 2. The zero-order chi connectivity index (χ0) is 12.1. The molecule has 1 nitrogen and oxygen atoms in total. The number of rotatable bonds is 5. The van der Waals surface area contributed by atoms with E-state index in [0.717, 1.165) is 23.4 Å². The van der Waals surface area contributed by atoms with Crippen LogP contribution >= 0.6 is 23.4 Å². The van der Waals surface area contributed by atoms with Gasteiger partial charge < -0.3 is 0 Å². The van der Waals surface area contributed by atoms with Crippen molar-refractivity contribution in [2.24, 2.45) is 0 Å². The van der Waals surface area contributed by atoms with Crippen molar-refractivity contribution in [3.8, 4) is 0 Å². The van der Waals surface area contributed by atoms with E-state index in [1.807, 2.05) is 12.1 Å². The Bertz CT molecular complexity index is 486. The number of para-hydroxylation sites is 1. The summed E-state index contributed by atoms with van der Waals surface area (Å²) in [7, 11) is 0. The summed E-state index contributed by atoms with van der Waals surface area (Å²) >= 11 is 7.75. The molecule has 1 atom stereocenters. The van der Waals surface area contributed by atoms with Gasteiger partial charge >= 0.3 is 0 Å². The van der Waals surface area contributed by atoms with Crippen LogP contribution in [0, 0.1) is 0 Å². The summed E-state index contributed by atoms with van der Waals surface area (Å²) in [6.45, 7) is 2.19. The molecule has 0 saturated heterocycles. The molecule has 0 aliphatic carbocycles. The normalized spacial score (nSPS) is 12.8. The van der Waals surface area contributed by atoms with Gasteiger partial charge in [-0.25, -0.2) is 4.98 Å². The Hall–Kier alpha value is -0.730. The van der Waals surface area contributed by atoms with Gasteiger partial charge in [0.25, 0.3) is 0 Å². The Morgan fingerprint density at radius 1 is 1.24 bits per heavy atom. The van der Waals surface area contributed by atoms with Gasteiger partial charge in [-0.3, -0.25) is 0 Å². The smallest absolute Gasteiger partial charge is 0.0970 e. The lowest BCUT2D eigenvalue weighted by molar-refractivity contribution is 0.790. The van der Waals surface area contributed by atoms with E-state index in [1.54, 1.807) is 11.8 Å². The molecule has 0 radical (unpaired) electrons. The van der Waals surface area contributed by atoms with Gasteiger partial charge in [0.2, 0.25) is 0 Å². The monoisotopic (exact) mass is 265 g/mol. The van der Waals surface area contributed by atoms with Crippen molar-refractivity contribution in [1.82, 2.24) is 4.98 Å². The molecule has 3 heteroatoms. The molecule has 1 unspecified atom stereocenters. The topological polar surface area (TPSA) is 12.9 Å². The van der Waals surface area contributed by atoms with E-state index in [1.165, 1.54) is 5.39 Å². The fourth-order valence-electron chi connectivity index (χ4n) is 1.77. The number of halogens is 1. The number of thioether (sulfide) groups is 1. The maximum atomic E-state index is 5.97. The minimum absolute atomic E-state index is 0.468. The Labute approximate surface area is 112 Å². The second-order valence-corrected chi connectivity index (χ2v) is 5.65. The zero-order valence-electron chi connectivity index (χ0n) is 9.90. The number of hydrogen-bond donors (Lipinski definition) is 0. The lowest BCUT2D eigenvalue weighted by Crippen LogP contribution is -2.04. The first-order valence-electron chi connectivity index (χ1n) is 5.92. The molecule has 17 heavy (non-hydrogen) atoms. The van der Waals surface area contributed by atoms with E-state index in [2.05, 4.69) is 36.2 Å². The predicted octanol–water partition coefficient (Wildman–Crippen LogP) is 4.73. The van der Waals surface area contributed by atoms with Gasteiger partial charge in [-0.2, -0.15) is 0 Å². The average molecular weight is 266 g/mol. The molecule has 0 fully saturated rings. The Morgan fingerprint density at radius 3 is 2.82 bits per heavy atom. The maximum Gasteiger partial charge on any atom is 0.0970 e. The zero-order valence-corrected chi connectivity index (χ0v) is 11.5. The molecular weight excluding hydrogens is 250 g/mol. The van der Waals surface area contributed by atoms with Crippen molar-refractivity contribution >= 4 is 34.3 Å². The van der Waals surface area contributed by atoms with Crippen molar-refractivity contribution in [2.45, 2.75) is 30.0 Å². The second-order valence-electron chi connectivity index (χ2n) is 4.03. The molecule has 0 saturated carbocycles. The summed E-state index contributed by atoms with van der Waals surface area (Å²) in [5, 5.41) is 2.73. The fourth-order valence-corrected chi connectivity index (χ4v) is 3.17. The van der Waals surface area contributed by atoms with Crippen LogP contribution in [0.2, 0.25) is 0 Å². The number of alkyl halides is 1. The highest BCUT2D eigenvalue weighted by molar-refractivity contribution is 7.99. The number of benzene rings is 1.